The summed E-state index contributed by atoms with van der Waals surface area (Å²) in [5, 5.41) is 0. The summed E-state index contributed by atoms with van der Waals surface area (Å²) in [6.45, 7) is 15.8. The van der Waals surface area contributed by atoms with Gasteiger partial charge in [-0.3, -0.25) is 0 Å². The molecule has 1 aliphatic rings. The Morgan fingerprint density at radius 1 is 1.29 bits per heavy atom. The molecule has 0 N–H and O–H groups in total. The molecule has 0 radical (unpaired) electrons. The first-order valence-electron chi connectivity index (χ1n) is 6.62. The van der Waals surface area contributed by atoms with Crippen LogP contribution >= 0.6 is 0 Å². The molecule has 1 rings (SSSR count). The van der Waals surface area contributed by atoms with Crippen LogP contribution in [0.4, 0.5) is 0 Å². The Balaban J connectivity index is 0.00000121. The fourth-order valence-electron chi connectivity index (χ4n) is 1.55. The average molecular weight is 237 g/mol. The van der Waals surface area contributed by atoms with E-state index in [0.29, 0.717) is 0 Å². The van der Waals surface area contributed by atoms with Gasteiger partial charge in [-0.1, -0.05) is 39.0 Å². The minimum atomic E-state index is 0.827. The van der Waals surface area contributed by atoms with Gasteiger partial charge in [0.2, 0.25) is 0 Å². The highest BCUT2D eigenvalue weighted by Crippen LogP contribution is 2.13. The molecule has 0 aromatic carbocycles. The summed E-state index contributed by atoms with van der Waals surface area (Å²) in [6.07, 6.45) is 7.40. The lowest BCUT2D eigenvalue weighted by Gasteiger charge is -2.30. The first-order valence-corrected chi connectivity index (χ1v) is 6.62. The van der Waals surface area contributed by atoms with Gasteiger partial charge in [0.1, 0.15) is 0 Å². The van der Waals surface area contributed by atoms with Crippen molar-refractivity contribution in [3.05, 3.63) is 36.1 Å². The molecule has 1 saturated heterocycles. The van der Waals surface area contributed by atoms with Gasteiger partial charge < -0.3 is 9.64 Å². The third-order valence-corrected chi connectivity index (χ3v) is 2.52. The van der Waals surface area contributed by atoms with Crippen LogP contribution in [0, 0.1) is 0 Å². The van der Waals surface area contributed by atoms with Crippen molar-refractivity contribution in [2.45, 2.75) is 34.1 Å². The maximum Gasteiger partial charge on any atom is 0.0642 e. The summed E-state index contributed by atoms with van der Waals surface area (Å²) in [5.41, 5.74) is 2.43. The van der Waals surface area contributed by atoms with E-state index in [1.54, 1.807) is 0 Å². The van der Waals surface area contributed by atoms with E-state index in [1.807, 2.05) is 20.8 Å². The highest BCUT2D eigenvalue weighted by Gasteiger charge is 2.11. The van der Waals surface area contributed by atoms with Crippen molar-refractivity contribution in [2.24, 2.45) is 0 Å². The summed E-state index contributed by atoms with van der Waals surface area (Å²) in [7, 11) is 0. The number of allylic oxidation sites excluding steroid dienone is 4. The van der Waals surface area contributed by atoms with Gasteiger partial charge in [0.05, 0.1) is 13.2 Å². The van der Waals surface area contributed by atoms with E-state index in [2.05, 4.69) is 36.6 Å². The van der Waals surface area contributed by atoms with Gasteiger partial charge in [-0.05, 0) is 25.5 Å². The van der Waals surface area contributed by atoms with Gasteiger partial charge in [-0.15, -0.1) is 0 Å². The summed E-state index contributed by atoms with van der Waals surface area (Å²) >= 11 is 0. The van der Waals surface area contributed by atoms with Gasteiger partial charge in [0.25, 0.3) is 0 Å². The van der Waals surface area contributed by atoms with Crippen LogP contribution in [0.2, 0.25) is 0 Å². The first kappa shape index (κ1) is 16.0. The Hall–Kier alpha value is -1.02. The fourth-order valence-corrected chi connectivity index (χ4v) is 1.55. The molecule has 17 heavy (non-hydrogen) atoms. The zero-order valence-electron chi connectivity index (χ0n) is 11.8. The molecular formula is C15H27NO. The topological polar surface area (TPSA) is 12.5 Å². The second-order valence-electron chi connectivity index (χ2n) is 3.68. The highest BCUT2D eigenvalue weighted by atomic mass is 16.5. The fraction of sp³-hybridized carbons (Fsp3) is 0.600. The van der Waals surface area contributed by atoms with Crippen molar-refractivity contribution in [1.82, 2.24) is 4.90 Å². The summed E-state index contributed by atoms with van der Waals surface area (Å²) in [6, 6.07) is 0. The van der Waals surface area contributed by atoms with Crippen molar-refractivity contribution in [1.29, 1.82) is 0 Å². The summed E-state index contributed by atoms with van der Waals surface area (Å²) < 4.78 is 5.34. The molecule has 0 saturated carbocycles. The van der Waals surface area contributed by atoms with Gasteiger partial charge in [-0.25, -0.2) is 0 Å². The van der Waals surface area contributed by atoms with E-state index < -0.39 is 0 Å². The number of nitrogens with zero attached hydrogens (tertiary/aromatic N) is 1. The summed E-state index contributed by atoms with van der Waals surface area (Å²) in [4.78, 5) is 2.35. The monoisotopic (exact) mass is 237 g/mol. The van der Waals surface area contributed by atoms with Crippen LogP contribution in [-0.2, 0) is 4.74 Å². The van der Waals surface area contributed by atoms with Crippen LogP contribution in [0.5, 0.6) is 0 Å². The van der Waals surface area contributed by atoms with E-state index in [0.717, 1.165) is 32.7 Å². The van der Waals surface area contributed by atoms with Crippen molar-refractivity contribution < 1.29 is 4.74 Å². The molecule has 2 heteroatoms. The average Bonchev–Trinajstić information content (AvgIpc) is 2.41. The number of rotatable bonds is 4. The minimum Gasteiger partial charge on any atom is -0.378 e. The lowest BCUT2D eigenvalue weighted by Crippen LogP contribution is -2.35. The molecule has 0 aliphatic carbocycles. The lowest BCUT2D eigenvalue weighted by molar-refractivity contribution is 0.0553. The standard InChI is InChI=1S/C13H21NO.C2H6/c1-4-6-13(11-12(3)5-2)14-7-9-15-10-8-14;1-2/h4,6,11H,3,5,7-10H2,1-2H3;1-2H3/b6-4-,13-11+;. The van der Waals surface area contributed by atoms with E-state index in [1.165, 1.54) is 11.3 Å². The zero-order valence-corrected chi connectivity index (χ0v) is 11.8. The van der Waals surface area contributed by atoms with Crippen molar-refractivity contribution in [3.63, 3.8) is 0 Å². The van der Waals surface area contributed by atoms with Crippen LogP contribution in [0.3, 0.4) is 0 Å². The Labute approximate surface area is 107 Å². The largest absolute Gasteiger partial charge is 0.378 e. The molecule has 1 aliphatic heterocycles. The molecule has 0 aromatic heterocycles. The molecular weight excluding hydrogens is 210 g/mol. The molecule has 98 valence electrons. The predicted octanol–water partition coefficient (Wildman–Crippen LogP) is 3.77. The molecule has 0 aromatic rings. The molecule has 0 unspecified atom stereocenters. The van der Waals surface area contributed by atoms with Gasteiger partial charge in [0.15, 0.2) is 0 Å². The van der Waals surface area contributed by atoms with Crippen molar-refractivity contribution in [3.8, 4) is 0 Å². The first-order chi connectivity index (χ1) is 8.27. The third kappa shape index (κ3) is 6.32. The van der Waals surface area contributed by atoms with Gasteiger partial charge in [0, 0.05) is 18.8 Å². The highest BCUT2D eigenvalue weighted by molar-refractivity contribution is 5.27. The van der Waals surface area contributed by atoms with Crippen LogP contribution in [0.1, 0.15) is 34.1 Å². The molecule has 0 spiro atoms. The van der Waals surface area contributed by atoms with Crippen LogP contribution in [0.15, 0.2) is 36.1 Å². The van der Waals surface area contributed by atoms with E-state index in [4.69, 9.17) is 4.74 Å². The SMILES string of the molecule is C=C(/C=C(\C=C/C)N1CCOCC1)CC.CC. The number of ether oxygens (including phenoxy) is 1. The zero-order chi connectivity index (χ0) is 13.1. The van der Waals surface area contributed by atoms with Gasteiger partial charge in [-0.2, -0.15) is 0 Å². The smallest absolute Gasteiger partial charge is 0.0642 e. The molecule has 0 amide bonds. The maximum atomic E-state index is 5.34. The van der Waals surface area contributed by atoms with Gasteiger partial charge >= 0.3 is 0 Å². The number of morpholine rings is 1. The molecule has 1 heterocycles. The Bertz CT molecular complexity index is 260. The minimum absolute atomic E-state index is 0.827. The molecule has 0 bridgehead atoms. The van der Waals surface area contributed by atoms with E-state index in [-0.39, 0.29) is 0 Å². The number of hydrogen-bond donors (Lipinski definition) is 0. The van der Waals surface area contributed by atoms with E-state index >= 15 is 0 Å². The Morgan fingerprint density at radius 2 is 1.88 bits per heavy atom. The second-order valence-corrected chi connectivity index (χ2v) is 3.68. The van der Waals surface area contributed by atoms with Crippen LogP contribution in [0.25, 0.3) is 0 Å². The Morgan fingerprint density at radius 3 is 2.35 bits per heavy atom. The lowest BCUT2D eigenvalue weighted by atomic mass is 10.1. The van der Waals surface area contributed by atoms with Crippen molar-refractivity contribution >= 4 is 0 Å². The Kier molecular flexibility index (Phi) is 9.55. The molecule has 0 atom stereocenters. The number of hydrogen-bond acceptors (Lipinski definition) is 2. The quantitative estimate of drug-likeness (QED) is 0.690. The molecule has 2 nitrogen and oxygen atoms in total. The third-order valence-electron chi connectivity index (χ3n) is 2.52. The molecule has 1 fully saturated rings. The van der Waals surface area contributed by atoms with E-state index in [9.17, 15) is 0 Å². The predicted molar refractivity (Wildman–Crippen MR) is 76.1 cm³/mol. The van der Waals surface area contributed by atoms with Crippen LogP contribution < -0.4 is 0 Å². The van der Waals surface area contributed by atoms with Crippen molar-refractivity contribution in [2.75, 3.05) is 26.3 Å². The maximum absolute atomic E-state index is 5.34. The normalized spacial score (nSPS) is 16.7. The summed E-state index contributed by atoms with van der Waals surface area (Å²) in [5.74, 6) is 0. The second kappa shape index (κ2) is 10.2. The van der Waals surface area contributed by atoms with Crippen LogP contribution in [-0.4, -0.2) is 31.2 Å².